The smallest absolute Gasteiger partial charge is 0.326 e. The Bertz CT molecular complexity index is 1290. The second kappa shape index (κ2) is 38.2. The molecule has 61 heavy (non-hydrogen) atoms. The average molecular weight is 908 g/mol. The van der Waals surface area contributed by atoms with Crippen LogP contribution in [0.3, 0.4) is 0 Å². The van der Waals surface area contributed by atoms with Gasteiger partial charge in [0.05, 0.1) is 38.2 Å². The zero-order valence-electron chi connectivity index (χ0n) is 36.4. The lowest BCUT2D eigenvalue weighted by molar-refractivity contribution is -0.143. The van der Waals surface area contributed by atoms with Crippen molar-refractivity contribution in [2.24, 2.45) is 0 Å². The SMILES string of the molecule is CSC(=O)C(CSCC(=O)NCCOCCOCCNC(=O)CCC(NC(=O)CCC(NC(=O)CCCCCCCCCCCCCCC(=O)O)C(=O)O)C(=O)O)NC(C)C. The molecule has 0 aliphatic rings. The molecule has 0 aromatic rings. The summed E-state index contributed by atoms with van der Waals surface area (Å²) in [6.07, 6.45) is 13.1. The van der Waals surface area contributed by atoms with Gasteiger partial charge >= 0.3 is 17.9 Å². The van der Waals surface area contributed by atoms with Crippen LogP contribution in [0, 0.1) is 0 Å². The van der Waals surface area contributed by atoms with Crippen LogP contribution < -0.4 is 26.6 Å². The van der Waals surface area contributed by atoms with Crippen LogP contribution in [0.25, 0.3) is 0 Å². The van der Waals surface area contributed by atoms with Gasteiger partial charge < -0.3 is 51.4 Å². The lowest BCUT2D eigenvalue weighted by Gasteiger charge is -2.18. The Morgan fingerprint density at radius 1 is 0.525 bits per heavy atom. The number of carbonyl (C=O) groups excluding carboxylic acids is 5. The highest BCUT2D eigenvalue weighted by Crippen LogP contribution is 2.14. The predicted octanol–water partition coefficient (Wildman–Crippen LogP) is 3.49. The molecule has 0 aromatic carbocycles. The first-order valence-electron chi connectivity index (χ1n) is 21.5. The highest BCUT2D eigenvalue weighted by atomic mass is 32.2. The molecule has 0 fully saturated rings. The van der Waals surface area contributed by atoms with Crippen molar-refractivity contribution >= 4 is 70.2 Å². The maximum absolute atomic E-state index is 12.5. The molecule has 3 atom stereocenters. The number of aliphatic carboxylic acids is 3. The van der Waals surface area contributed by atoms with Crippen LogP contribution in [0.15, 0.2) is 0 Å². The second-order valence-electron chi connectivity index (χ2n) is 15.0. The number of carboxylic acids is 3. The fourth-order valence-electron chi connectivity index (χ4n) is 5.91. The van der Waals surface area contributed by atoms with Gasteiger partial charge in [0.25, 0.3) is 0 Å². The van der Waals surface area contributed by atoms with Crippen molar-refractivity contribution in [3.63, 3.8) is 0 Å². The monoisotopic (exact) mass is 907 g/mol. The van der Waals surface area contributed by atoms with Crippen LogP contribution in [0.5, 0.6) is 0 Å². The lowest BCUT2D eigenvalue weighted by atomic mass is 10.0. The first-order chi connectivity index (χ1) is 29.2. The van der Waals surface area contributed by atoms with Gasteiger partial charge in [-0.25, -0.2) is 9.59 Å². The minimum atomic E-state index is -1.37. The van der Waals surface area contributed by atoms with E-state index in [-0.39, 0.29) is 100 Å². The number of thioether (sulfide) groups is 2. The molecule has 0 saturated heterocycles. The van der Waals surface area contributed by atoms with Crippen molar-refractivity contribution in [1.29, 1.82) is 0 Å². The molecule has 0 saturated carbocycles. The number of rotatable bonds is 41. The van der Waals surface area contributed by atoms with Crippen LogP contribution in [0.2, 0.25) is 0 Å². The Morgan fingerprint density at radius 3 is 1.39 bits per heavy atom. The van der Waals surface area contributed by atoms with Crippen molar-refractivity contribution in [2.45, 2.75) is 154 Å². The third-order valence-corrected chi connectivity index (χ3v) is 10.9. The summed E-state index contributed by atoms with van der Waals surface area (Å²) in [6, 6.07) is -2.84. The zero-order valence-corrected chi connectivity index (χ0v) is 38.1. The number of carbonyl (C=O) groups is 8. The molecule has 0 rings (SSSR count). The van der Waals surface area contributed by atoms with Crippen LogP contribution in [-0.4, -0.2) is 143 Å². The van der Waals surface area contributed by atoms with E-state index < -0.39 is 47.7 Å². The molecule has 0 spiro atoms. The maximum atomic E-state index is 12.5. The maximum Gasteiger partial charge on any atom is 0.326 e. The molecular weight excluding hydrogens is 835 g/mol. The third kappa shape index (κ3) is 35.8. The fourth-order valence-corrected chi connectivity index (χ4v) is 7.34. The highest BCUT2D eigenvalue weighted by molar-refractivity contribution is 8.13. The summed E-state index contributed by atoms with van der Waals surface area (Å²) >= 11 is 2.54. The Morgan fingerprint density at radius 2 is 0.951 bits per heavy atom. The zero-order chi connectivity index (χ0) is 45.7. The topological polar surface area (TPSA) is 276 Å². The van der Waals surface area contributed by atoms with Crippen LogP contribution in [-0.2, 0) is 47.8 Å². The average Bonchev–Trinajstić information content (AvgIpc) is 3.20. The first-order valence-corrected chi connectivity index (χ1v) is 23.9. The van der Waals surface area contributed by atoms with Crippen molar-refractivity contribution in [3.05, 3.63) is 0 Å². The third-order valence-electron chi connectivity index (χ3n) is 9.18. The second-order valence-corrected chi connectivity index (χ2v) is 16.8. The van der Waals surface area contributed by atoms with Crippen molar-refractivity contribution < 1.29 is 63.1 Å². The Kier molecular flexibility index (Phi) is 36.1. The molecule has 0 aliphatic carbocycles. The van der Waals surface area contributed by atoms with Crippen molar-refractivity contribution in [3.8, 4) is 0 Å². The van der Waals surface area contributed by atoms with E-state index in [0.717, 1.165) is 82.4 Å². The van der Waals surface area contributed by atoms with Gasteiger partial charge in [-0.1, -0.05) is 89.8 Å². The van der Waals surface area contributed by atoms with Crippen molar-refractivity contribution in [1.82, 2.24) is 26.6 Å². The molecular formula is C41H73N5O13S2. The molecule has 352 valence electrons. The van der Waals surface area contributed by atoms with E-state index in [2.05, 4.69) is 26.6 Å². The van der Waals surface area contributed by atoms with Gasteiger partial charge in [0.15, 0.2) is 0 Å². The summed E-state index contributed by atoms with van der Waals surface area (Å²) in [7, 11) is 0. The molecule has 0 bridgehead atoms. The largest absolute Gasteiger partial charge is 0.481 e. The Labute approximate surface area is 369 Å². The van der Waals surface area contributed by atoms with E-state index in [1.54, 1.807) is 6.26 Å². The van der Waals surface area contributed by atoms with Gasteiger partial charge in [-0.05, 0) is 31.9 Å². The number of nitrogens with one attached hydrogen (secondary N) is 5. The standard InChI is InChI=1S/C41H73N5O13S2/c1-30(2)44-33(41(57)60-3)28-61-29-37(50)43-23-25-59-27-26-58-24-22-42-34(47)20-18-31(39(53)54)46-36(49)21-19-32(40(55)56)45-35(48)16-14-12-10-8-6-4-5-7-9-11-13-15-17-38(51)52/h30-33,44H,4-29H2,1-3H3,(H,42,47)(H,43,50)(H,45,48)(H,46,49)(H,51,52)(H,53,54)(H,55,56). The molecule has 8 N–H and O–H groups in total. The minimum absolute atomic E-state index is 0.0349. The van der Waals surface area contributed by atoms with Crippen LogP contribution >= 0.6 is 23.5 Å². The fraction of sp³-hybridized carbons (Fsp3) is 0.805. The van der Waals surface area contributed by atoms with E-state index in [1.165, 1.54) is 11.8 Å². The van der Waals surface area contributed by atoms with E-state index in [9.17, 15) is 48.6 Å². The molecule has 3 unspecified atom stereocenters. The number of amides is 4. The minimum Gasteiger partial charge on any atom is -0.481 e. The lowest BCUT2D eigenvalue weighted by Crippen LogP contribution is -2.44. The van der Waals surface area contributed by atoms with Gasteiger partial charge in [-0.15, -0.1) is 11.8 Å². The number of ether oxygens (including phenoxy) is 2. The van der Waals surface area contributed by atoms with E-state index in [4.69, 9.17) is 14.6 Å². The highest BCUT2D eigenvalue weighted by Gasteiger charge is 2.24. The Hall–Kier alpha value is -3.46. The summed E-state index contributed by atoms with van der Waals surface area (Å²) in [5, 5.41) is 41.1. The number of hydrogen-bond donors (Lipinski definition) is 8. The van der Waals surface area contributed by atoms with E-state index in [1.807, 2.05) is 13.8 Å². The number of unbranched alkanes of at least 4 members (excludes halogenated alkanes) is 11. The number of carboxylic acid groups (broad SMARTS) is 3. The number of hydrogen-bond acceptors (Lipinski definition) is 13. The van der Waals surface area contributed by atoms with Gasteiger partial charge in [0.1, 0.15) is 12.1 Å². The summed E-state index contributed by atoms with van der Waals surface area (Å²) in [4.78, 5) is 95.2. The molecule has 20 heteroatoms. The van der Waals surface area contributed by atoms with E-state index >= 15 is 0 Å². The quantitative estimate of drug-likeness (QED) is 0.0408. The van der Waals surface area contributed by atoms with Gasteiger partial charge in [-0.2, -0.15) is 0 Å². The van der Waals surface area contributed by atoms with Crippen LogP contribution in [0.4, 0.5) is 0 Å². The molecule has 0 aromatic heterocycles. The van der Waals surface area contributed by atoms with Gasteiger partial charge in [0.2, 0.25) is 28.7 Å². The van der Waals surface area contributed by atoms with Gasteiger partial charge in [-0.3, -0.25) is 28.8 Å². The first kappa shape index (κ1) is 57.5. The summed E-state index contributed by atoms with van der Waals surface area (Å²) in [5.74, 6) is -4.42. The summed E-state index contributed by atoms with van der Waals surface area (Å²) in [6.45, 7) is 5.37. The molecule has 0 radical (unpaired) electrons. The van der Waals surface area contributed by atoms with Crippen LogP contribution in [0.1, 0.15) is 129 Å². The molecule has 4 amide bonds. The summed E-state index contributed by atoms with van der Waals surface area (Å²) in [5.41, 5.74) is 0. The molecule has 0 heterocycles. The van der Waals surface area contributed by atoms with Crippen molar-refractivity contribution in [2.75, 3.05) is 57.3 Å². The molecule has 0 aliphatic heterocycles. The van der Waals surface area contributed by atoms with E-state index in [0.29, 0.717) is 18.7 Å². The van der Waals surface area contributed by atoms with Gasteiger partial charge in [0, 0.05) is 50.6 Å². The predicted molar refractivity (Wildman–Crippen MR) is 235 cm³/mol. The normalized spacial score (nSPS) is 12.6. The Balaban J connectivity index is 4.07. The summed E-state index contributed by atoms with van der Waals surface area (Å²) < 4.78 is 10.8. The molecule has 18 nitrogen and oxygen atoms in total.